The van der Waals surface area contributed by atoms with Gasteiger partial charge in [0.15, 0.2) is 0 Å². The number of hydrogen-bond acceptors (Lipinski definition) is 4. The maximum Gasteiger partial charge on any atom is 0.225 e. The van der Waals surface area contributed by atoms with Crippen LogP contribution in [0, 0.1) is 17.8 Å². The first kappa shape index (κ1) is 16.8. The van der Waals surface area contributed by atoms with E-state index >= 15 is 0 Å². The van der Waals surface area contributed by atoms with Crippen LogP contribution in [0.2, 0.25) is 0 Å². The minimum absolute atomic E-state index is 0.541. The van der Waals surface area contributed by atoms with Gasteiger partial charge >= 0.3 is 0 Å². The molecule has 0 spiro atoms. The van der Waals surface area contributed by atoms with Gasteiger partial charge in [0.2, 0.25) is 5.95 Å². The molecule has 0 unspecified atom stereocenters. The summed E-state index contributed by atoms with van der Waals surface area (Å²) in [7, 11) is 6.23. The summed E-state index contributed by atoms with van der Waals surface area (Å²) in [6.45, 7) is 2.98. The number of anilines is 1. The van der Waals surface area contributed by atoms with Crippen LogP contribution in [0.15, 0.2) is 12.4 Å². The smallest absolute Gasteiger partial charge is 0.225 e. The van der Waals surface area contributed by atoms with Crippen molar-refractivity contribution in [3.8, 4) is 11.8 Å². The topological polar surface area (TPSA) is 32.3 Å². The average molecular weight is 300 g/mol. The lowest BCUT2D eigenvalue weighted by molar-refractivity contribution is 0.371. The first-order valence-corrected chi connectivity index (χ1v) is 8.27. The largest absolute Gasteiger partial charge is 0.341 e. The van der Waals surface area contributed by atoms with Gasteiger partial charge in [0.05, 0.1) is 6.54 Å². The monoisotopic (exact) mass is 300 g/mol. The van der Waals surface area contributed by atoms with E-state index in [1.165, 1.54) is 31.2 Å². The van der Waals surface area contributed by atoms with Gasteiger partial charge in [-0.2, -0.15) is 0 Å². The number of rotatable bonds is 4. The fraction of sp³-hybridized carbons (Fsp3) is 0.667. The summed E-state index contributed by atoms with van der Waals surface area (Å²) in [5, 5.41) is 0. The van der Waals surface area contributed by atoms with Crippen molar-refractivity contribution in [3.63, 3.8) is 0 Å². The summed E-state index contributed by atoms with van der Waals surface area (Å²) in [5.74, 6) is 8.12. The Morgan fingerprint density at radius 1 is 1.09 bits per heavy atom. The molecule has 1 fully saturated rings. The van der Waals surface area contributed by atoms with Gasteiger partial charge in [-0.05, 0) is 51.8 Å². The molecule has 0 radical (unpaired) electrons. The summed E-state index contributed by atoms with van der Waals surface area (Å²) >= 11 is 0. The zero-order valence-electron chi connectivity index (χ0n) is 14.3. The van der Waals surface area contributed by atoms with Gasteiger partial charge in [-0.3, -0.25) is 4.90 Å². The Labute approximate surface area is 134 Å². The molecule has 0 bridgehead atoms. The van der Waals surface area contributed by atoms with E-state index in [9.17, 15) is 0 Å². The van der Waals surface area contributed by atoms with Crippen molar-refractivity contribution in [1.29, 1.82) is 0 Å². The Bertz CT molecular complexity index is 504. The van der Waals surface area contributed by atoms with Crippen LogP contribution in [0.5, 0.6) is 0 Å². The van der Waals surface area contributed by atoms with Crippen molar-refractivity contribution in [2.75, 3.05) is 32.6 Å². The second-order valence-electron chi connectivity index (χ2n) is 6.42. The van der Waals surface area contributed by atoms with E-state index in [-0.39, 0.29) is 0 Å². The zero-order valence-corrected chi connectivity index (χ0v) is 14.3. The Balaban J connectivity index is 1.85. The average Bonchev–Trinajstić information content (AvgIpc) is 2.54. The quantitative estimate of drug-likeness (QED) is 0.800. The van der Waals surface area contributed by atoms with Gasteiger partial charge < -0.3 is 4.90 Å². The molecule has 0 aliphatic heterocycles. The van der Waals surface area contributed by atoms with E-state index in [1.807, 2.05) is 12.4 Å². The minimum atomic E-state index is 0.541. The first-order chi connectivity index (χ1) is 10.6. The molecule has 0 aromatic carbocycles. The van der Waals surface area contributed by atoms with E-state index in [4.69, 9.17) is 0 Å². The number of aromatic nitrogens is 2. The fourth-order valence-corrected chi connectivity index (χ4v) is 2.83. The summed E-state index contributed by atoms with van der Waals surface area (Å²) < 4.78 is 0. The normalized spacial score (nSPS) is 21.3. The lowest BCUT2D eigenvalue weighted by Crippen LogP contribution is -2.36. The number of hydrogen-bond donors (Lipinski definition) is 0. The van der Waals surface area contributed by atoms with Crippen LogP contribution in [0.25, 0.3) is 0 Å². The van der Waals surface area contributed by atoms with Gasteiger partial charge in [-0.15, -0.1) is 0 Å². The van der Waals surface area contributed by atoms with Crippen molar-refractivity contribution in [1.82, 2.24) is 14.9 Å². The van der Waals surface area contributed by atoms with Crippen molar-refractivity contribution >= 4 is 5.95 Å². The lowest BCUT2D eigenvalue weighted by atomic mass is 9.86. The predicted molar refractivity (Wildman–Crippen MR) is 91.9 cm³/mol. The molecular formula is C18H28N4. The molecule has 1 aromatic rings. The highest BCUT2D eigenvalue weighted by Gasteiger charge is 2.24. The van der Waals surface area contributed by atoms with E-state index in [2.05, 4.69) is 59.7 Å². The first-order valence-electron chi connectivity index (χ1n) is 8.27. The van der Waals surface area contributed by atoms with Crippen LogP contribution >= 0.6 is 0 Å². The van der Waals surface area contributed by atoms with Crippen LogP contribution in [-0.4, -0.2) is 48.6 Å². The summed E-state index contributed by atoms with van der Waals surface area (Å²) in [5.41, 5.74) is 1.19. The van der Waals surface area contributed by atoms with E-state index in [1.54, 1.807) is 0 Å². The molecule has 0 atom stereocenters. The molecule has 4 heteroatoms. The van der Waals surface area contributed by atoms with E-state index in [0.717, 1.165) is 18.9 Å². The van der Waals surface area contributed by atoms with Crippen LogP contribution in [0.1, 0.15) is 38.2 Å². The van der Waals surface area contributed by atoms with Gasteiger partial charge in [-0.1, -0.05) is 18.8 Å². The molecule has 0 amide bonds. The number of nitrogens with zero attached hydrogens (tertiary/aromatic N) is 4. The van der Waals surface area contributed by atoms with Crippen molar-refractivity contribution in [2.24, 2.45) is 5.92 Å². The molecule has 1 aliphatic rings. The predicted octanol–water partition coefficient (Wildman–Crippen LogP) is 2.60. The molecular weight excluding hydrogens is 272 g/mol. The number of aryl methyl sites for hydroxylation is 1. The van der Waals surface area contributed by atoms with Crippen molar-refractivity contribution in [3.05, 3.63) is 18.0 Å². The highest BCUT2D eigenvalue weighted by Crippen LogP contribution is 2.28. The Kier molecular flexibility index (Phi) is 6.21. The molecule has 22 heavy (non-hydrogen) atoms. The zero-order chi connectivity index (χ0) is 15.9. The maximum atomic E-state index is 4.49. The third-order valence-electron chi connectivity index (χ3n) is 4.36. The van der Waals surface area contributed by atoms with Gasteiger partial charge in [0.25, 0.3) is 0 Å². The SMILES string of the molecule is CCc1cnc(N(C)C2CCC(C#CCN(C)C)CC2)nc1. The molecule has 4 nitrogen and oxygen atoms in total. The van der Waals surface area contributed by atoms with Crippen molar-refractivity contribution < 1.29 is 0 Å². The summed E-state index contributed by atoms with van der Waals surface area (Å²) in [4.78, 5) is 13.3. The highest BCUT2D eigenvalue weighted by atomic mass is 15.2. The summed E-state index contributed by atoms with van der Waals surface area (Å²) in [6.07, 6.45) is 9.59. The second-order valence-corrected chi connectivity index (χ2v) is 6.42. The van der Waals surface area contributed by atoms with Crippen LogP contribution in [0.4, 0.5) is 5.95 Å². The van der Waals surface area contributed by atoms with Crippen molar-refractivity contribution in [2.45, 2.75) is 45.1 Å². The molecule has 120 valence electrons. The van der Waals surface area contributed by atoms with Gasteiger partial charge in [0, 0.05) is 31.4 Å². The molecule has 1 heterocycles. The molecule has 2 rings (SSSR count). The fourth-order valence-electron chi connectivity index (χ4n) is 2.83. The second kappa shape index (κ2) is 8.14. The third kappa shape index (κ3) is 4.71. The lowest BCUT2D eigenvalue weighted by Gasteiger charge is -2.33. The molecule has 0 N–H and O–H groups in total. The highest BCUT2D eigenvalue weighted by molar-refractivity contribution is 5.30. The minimum Gasteiger partial charge on any atom is -0.341 e. The van der Waals surface area contributed by atoms with Crippen LogP contribution in [0.3, 0.4) is 0 Å². The van der Waals surface area contributed by atoms with E-state index < -0.39 is 0 Å². The Morgan fingerprint density at radius 3 is 2.27 bits per heavy atom. The van der Waals surface area contributed by atoms with Gasteiger partial charge in [0.1, 0.15) is 0 Å². The summed E-state index contributed by atoms with van der Waals surface area (Å²) in [6, 6.07) is 0.541. The van der Waals surface area contributed by atoms with Crippen LogP contribution in [-0.2, 0) is 6.42 Å². The van der Waals surface area contributed by atoms with Crippen LogP contribution < -0.4 is 4.90 Å². The molecule has 0 saturated heterocycles. The maximum absolute atomic E-state index is 4.49. The molecule has 1 aliphatic carbocycles. The Hall–Kier alpha value is -1.60. The van der Waals surface area contributed by atoms with Gasteiger partial charge in [-0.25, -0.2) is 9.97 Å². The van der Waals surface area contributed by atoms with E-state index in [0.29, 0.717) is 12.0 Å². The molecule has 1 aromatic heterocycles. The standard InChI is InChI=1S/C18H28N4/c1-5-15-13-19-18(20-14-15)22(4)17-10-8-16(9-11-17)7-6-12-21(2)3/h13-14,16-17H,5,8-12H2,1-4H3. The Morgan fingerprint density at radius 2 is 1.73 bits per heavy atom. The third-order valence-corrected chi connectivity index (χ3v) is 4.36. The molecule has 1 saturated carbocycles.